The monoisotopic (exact) mass is 349 g/mol. The van der Waals surface area contributed by atoms with Gasteiger partial charge in [0, 0.05) is 12.1 Å². The van der Waals surface area contributed by atoms with Crippen molar-refractivity contribution in [2.24, 2.45) is 0 Å². The molecule has 1 aliphatic rings. The Hall–Kier alpha value is -2.84. The quantitative estimate of drug-likeness (QED) is 0.876. The lowest BCUT2D eigenvalue weighted by Gasteiger charge is -2.34. The highest BCUT2D eigenvalue weighted by Gasteiger charge is 2.29. The molecular formula is C16H17F2N5O2. The molecule has 7 nitrogen and oxygen atoms in total. The predicted molar refractivity (Wildman–Crippen MR) is 83.4 cm³/mol. The molecule has 1 aromatic carbocycles. The Morgan fingerprint density at radius 1 is 1.28 bits per heavy atom. The lowest BCUT2D eigenvalue weighted by molar-refractivity contribution is -0.134. The molecule has 2 heterocycles. The van der Waals surface area contributed by atoms with Crippen LogP contribution in [0.2, 0.25) is 0 Å². The van der Waals surface area contributed by atoms with Gasteiger partial charge in [-0.3, -0.25) is 14.7 Å². The molecule has 132 valence electrons. The van der Waals surface area contributed by atoms with Gasteiger partial charge in [0.15, 0.2) is 11.6 Å². The first-order chi connectivity index (χ1) is 12.1. The van der Waals surface area contributed by atoms with E-state index < -0.39 is 17.5 Å². The Bertz CT molecular complexity index is 766. The Labute approximate surface area is 142 Å². The fourth-order valence-electron chi connectivity index (χ4n) is 2.89. The average molecular weight is 349 g/mol. The fourth-order valence-corrected chi connectivity index (χ4v) is 2.89. The van der Waals surface area contributed by atoms with Gasteiger partial charge in [0.25, 0.3) is 5.91 Å². The van der Waals surface area contributed by atoms with Crippen molar-refractivity contribution in [3.05, 3.63) is 47.5 Å². The Kier molecular flexibility index (Phi) is 5.01. The number of amides is 2. The minimum absolute atomic E-state index is 0.0443. The third kappa shape index (κ3) is 3.81. The predicted octanol–water partition coefficient (Wildman–Crippen LogP) is 1.57. The van der Waals surface area contributed by atoms with Crippen LogP contribution in [0, 0.1) is 11.6 Å². The molecule has 9 heteroatoms. The number of hydrogen-bond acceptors (Lipinski definition) is 4. The summed E-state index contributed by atoms with van der Waals surface area (Å²) in [4.78, 5) is 30.2. The molecule has 25 heavy (non-hydrogen) atoms. The van der Waals surface area contributed by atoms with Crippen molar-refractivity contribution in [2.45, 2.75) is 25.3 Å². The molecule has 1 aliphatic heterocycles. The highest BCUT2D eigenvalue weighted by Crippen LogP contribution is 2.28. The van der Waals surface area contributed by atoms with E-state index in [2.05, 4.69) is 20.5 Å². The van der Waals surface area contributed by atoms with Crippen LogP contribution in [0.3, 0.4) is 0 Å². The molecule has 2 amide bonds. The van der Waals surface area contributed by atoms with Gasteiger partial charge < -0.3 is 10.2 Å². The molecule has 1 atom stereocenters. The largest absolute Gasteiger partial charge is 0.343 e. The molecule has 2 aromatic rings. The zero-order valence-electron chi connectivity index (χ0n) is 13.3. The third-order valence-electron chi connectivity index (χ3n) is 4.15. The molecule has 1 aromatic heterocycles. The van der Waals surface area contributed by atoms with Gasteiger partial charge >= 0.3 is 0 Å². The number of aromatic amines is 1. The van der Waals surface area contributed by atoms with Gasteiger partial charge in [0.1, 0.15) is 12.2 Å². The lowest BCUT2D eigenvalue weighted by Crippen LogP contribution is -2.44. The fraction of sp³-hybridized carbons (Fsp3) is 0.375. The molecule has 0 spiro atoms. The summed E-state index contributed by atoms with van der Waals surface area (Å²) in [7, 11) is 0. The summed E-state index contributed by atoms with van der Waals surface area (Å²) < 4.78 is 26.1. The maximum atomic E-state index is 13.2. The number of aromatic nitrogens is 3. The second-order valence-corrected chi connectivity index (χ2v) is 5.78. The molecule has 2 N–H and O–H groups in total. The van der Waals surface area contributed by atoms with Crippen LogP contribution >= 0.6 is 0 Å². The zero-order chi connectivity index (χ0) is 17.8. The van der Waals surface area contributed by atoms with Crippen LogP contribution in [-0.4, -0.2) is 45.0 Å². The van der Waals surface area contributed by atoms with Crippen molar-refractivity contribution < 1.29 is 18.4 Å². The number of likely N-dealkylation sites (tertiary alicyclic amines) is 1. The van der Waals surface area contributed by atoms with Crippen molar-refractivity contribution in [1.82, 2.24) is 25.4 Å². The van der Waals surface area contributed by atoms with E-state index >= 15 is 0 Å². The summed E-state index contributed by atoms with van der Waals surface area (Å²) >= 11 is 0. The maximum absolute atomic E-state index is 13.2. The van der Waals surface area contributed by atoms with Gasteiger partial charge in [-0.15, -0.1) is 0 Å². The van der Waals surface area contributed by atoms with Crippen LogP contribution in [0.25, 0.3) is 0 Å². The summed E-state index contributed by atoms with van der Waals surface area (Å²) in [5, 5.41) is 9.03. The lowest BCUT2D eigenvalue weighted by atomic mass is 10.0. The maximum Gasteiger partial charge on any atom is 0.251 e. The number of nitrogens with zero attached hydrogens (tertiary/aromatic N) is 3. The number of rotatable bonds is 4. The molecular weight excluding hydrogens is 332 g/mol. The van der Waals surface area contributed by atoms with E-state index in [0.717, 1.165) is 37.5 Å². The number of benzene rings is 1. The first-order valence-corrected chi connectivity index (χ1v) is 7.94. The van der Waals surface area contributed by atoms with Gasteiger partial charge in [-0.05, 0) is 37.5 Å². The second-order valence-electron chi connectivity index (χ2n) is 5.78. The molecule has 0 aliphatic carbocycles. The van der Waals surface area contributed by atoms with Crippen LogP contribution in [0.5, 0.6) is 0 Å². The summed E-state index contributed by atoms with van der Waals surface area (Å²) in [5.74, 6) is -2.44. The molecule has 0 radical (unpaired) electrons. The second kappa shape index (κ2) is 7.37. The van der Waals surface area contributed by atoms with Crippen LogP contribution in [0.4, 0.5) is 8.78 Å². The van der Waals surface area contributed by atoms with E-state index in [4.69, 9.17) is 0 Å². The van der Waals surface area contributed by atoms with Crippen molar-refractivity contribution >= 4 is 11.8 Å². The van der Waals surface area contributed by atoms with E-state index in [0.29, 0.717) is 12.4 Å². The molecule has 0 saturated carbocycles. The highest BCUT2D eigenvalue weighted by molar-refractivity contribution is 5.96. The molecule has 0 unspecified atom stereocenters. The normalized spacial score (nSPS) is 17.4. The topological polar surface area (TPSA) is 91.0 Å². The summed E-state index contributed by atoms with van der Waals surface area (Å²) in [6.07, 6.45) is 3.99. The van der Waals surface area contributed by atoms with Gasteiger partial charge in [-0.1, -0.05) is 0 Å². The van der Waals surface area contributed by atoms with Crippen LogP contribution in [0.1, 0.15) is 41.5 Å². The number of H-pyrrole nitrogens is 1. The SMILES string of the molecule is O=C(NCC(=O)N1CCCC[C@@H]1c1ncn[nH]1)c1ccc(F)c(F)c1. The number of carbonyl (C=O) groups excluding carboxylic acids is 2. The van der Waals surface area contributed by atoms with E-state index in [1.807, 2.05) is 0 Å². The Morgan fingerprint density at radius 2 is 2.12 bits per heavy atom. The van der Waals surface area contributed by atoms with Gasteiger partial charge in [-0.25, -0.2) is 13.8 Å². The van der Waals surface area contributed by atoms with Crippen molar-refractivity contribution in [1.29, 1.82) is 0 Å². The van der Waals surface area contributed by atoms with Gasteiger partial charge in [-0.2, -0.15) is 5.10 Å². The molecule has 1 fully saturated rings. The zero-order valence-corrected chi connectivity index (χ0v) is 13.3. The van der Waals surface area contributed by atoms with Crippen LogP contribution < -0.4 is 5.32 Å². The standard InChI is InChI=1S/C16H17F2N5O2/c17-11-5-4-10(7-12(11)18)16(25)19-8-14(24)23-6-2-1-3-13(23)15-20-9-21-22-15/h4-5,7,9,13H,1-3,6,8H2,(H,19,25)(H,20,21,22)/t13-/m1/s1. The molecule has 0 bridgehead atoms. The Morgan fingerprint density at radius 3 is 2.84 bits per heavy atom. The number of halogens is 2. The van der Waals surface area contributed by atoms with Crippen molar-refractivity contribution in [3.63, 3.8) is 0 Å². The third-order valence-corrected chi connectivity index (χ3v) is 4.15. The van der Waals surface area contributed by atoms with Gasteiger partial charge in [0.2, 0.25) is 5.91 Å². The van der Waals surface area contributed by atoms with Gasteiger partial charge in [0.05, 0.1) is 12.6 Å². The number of carbonyl (C=O) groups is 2. The average Bonchev–Trinajstić information content (AvgIpc) is 3.16. The van der Waals surface area contributed by atoms with Crippen molar-refractivity contribution in [3.8, 4) is 0 Å². The highest BCUT2D eigenvalue weighted by atomic mass is 19.2. The first-order valence-electron chi connectivity index (χ1n) is 7.94. The van der Waals surface area contributed by atoms with E-state index in [1.165, 1.54) is 6.33 Å². The first kappa shape index (κ1) is 17.0. The van der Waals surface area contributed by atoms with E-state index in [9.17, 15) is 18.4 Å². The number of nitrogens with one attached hydrogen (secondary N) is 2. The minimum Gasteiger partial charge on any atom is -0.343 e. The summed E-state index contributed by atoms with van der Waals surface area (Å²) in [6.45, 7) is 0.327. The number of piperidine rings is 1. The van der Waals surface area contributed by atoms with E-state index in [1.54, 1.807) is 4.90 Å². The molecule has 3 rings (SSSR count). The minimum atomic E-state index is -1.11. The van der Waals surface area contributed by atoms with Crippen LogP contribution in [0.15, 0.2) is 24.5 Å². The van der Waals surface area contributed by atoms with Crippen LogP contribution in [-0.2, 0) is 4.79 Å². The van der Waals surface area contributed by atoms with E-state index in [-0.39, 0.29) is 24.1 Å². The summed E-state index contributed by atoms with van der Waals surface area (Å²) in [5.41, 5.74) is -0.0443. The molecule has 1 saturated heterocycles. The smallest absolute Gasteiger partial charge is 0.251 e. The summed E-state index contributed by atoms with van der Waals surface area (Å²) in [6, 6.07) is 2.63. The van der Waals surface area contributed by atoms with Crippen molar-refractivity contribution in [2.75, 3.05) is 13.1 Å². The number of hydrogen-bond donors (Lipinski definition) is 2. The Balaban J connectivity index is 1.62.